The van der Waals surface area contributed by atoms with E-state index in [2.05, 4.69) is 38.1 Å². The van der Waals surface area contributed by atoms with Crippen molar-refractivity contribution in [3.05, 3.63) is 52.1 Å². The third-order valence-corrected chi connectivity index (χ3v) is 5.07. The minimum absolute atomic E-state index is 0.140. The van der Waals surface area contributed by atoms with Crippen LogP contribution >= 0.6 is 34.4 Å². The van der Waals surface area contributed by atoms with Crippen LogP contribution in [0.1, 0.15) is 0 Å². The summed E-state index contributed by atoms with van der Waals surface area (Å²) >= 11 is 3.41. The highest BCUT2D eigenvalue weighted by Gasteiger charge is 2.16. The maximum Gasteiger partial charge on any atom is 0.234 e. The molecule has 3 aromatic rings. The van der Waals surface area contributed by atoms with Crippen LogP contribution in [0.5, 0.6) is 5.75 Å². The van der Waals surface area contributed by atoms with Crippen LogP contribution in [0, 0.1) is 3.57 Å². The van der Waals surface area contributed by atoms with Gasteiger partial charge in [-0.15, -0.1) is 10.2 Å². The number of carbonyl (C=O) groups excluding carboxylic acids is 1. The number of ether oxygens (including phenoxy) is 1. The second-order valence-electron chi connectivity index (χ2n) is 5.22. The minimum atomic E-state index is -0.140. The molecule has 3 rings (SSSR count). The van der Waals surface area contributed by atoms with Crippen molar-refractivity contribution in [1.82, 2.24) is 14.9 Å². The summed E-state index contributed by atoms with van der Waals surface area (Å²) in [6.07, 6.45) is 0. The van der Waals surface area contributed by atoms with Gasteiger partial charge in [0.2, 0.25) is 11.1 Å². The second-order valence-corrected chi connectivity index (χ2v) is 7.41. The van der Waals surface area contributed by atoms with E-state index in [9.17, 15) is 4.79 Å². The molecule has 1 aromatic heterocycles. The van der Waals surface area contributed by atoms with Gasteiger partial charge < -0.3 is 15.9 Å². The van der Waals surface area contributed by atoms with Crippen molar-refractivity contribution in [3.63, 3.8) is 0 Å². The third kappa shape index (κ3) is 4.28. The first kappa shape index (κ1) is 18.5. The predicted octanol–water partition coefficient (Wildman–Crippen LogP) is 3.00. The Morgan fingerprint density at radius 3 is 2.85 bits per heavy atom. The smallest absolute Gasteiger partial charge is 0.234 e. The fraction of sp³-hybridized carbons (Fsp3) is 0.118. The summed E-state index contributed by atoms with van der Waals surface area (Å²) in [4.78, 5) is 12.1. The zero-order valence-corrected chi connectivity index (χ0v) is 16.8. The van der Waals surface area contributed by atoms with E-state index >= 15 is 0 Å². The number of thioether (sulfide) groups is 1. The zero-order chi connectivity index (χ0) is 18.5. The highest BCUT2D eigenvalue weighted by atomic mass is 127. The van der Waals surface area contributed by atoms with E-state index in [1.807, 2.05) is 48.5 Å². The number of aromatic nitrogens is 3. The van der Waals surface area contributed by atoms with Crippen LogP contribution in [-0.4, -0.2) is 33.6 Å². The first-order chi connectivity index (χ1) is 12.6. The maximum atomic E-state index is 12.1. The van der Waals surface area contributed by atoms with Crippen LogP contribution in [0.2, 0.25) is 0 Å². The molecule has 0 saturated heterocycles. The Hall–Kier alpha value is -2.27. The van der Waals surface area contributed by atoms with E-state index in [4.69, 9.17) is 10.6 Å². The zero-order valence-electron chi connectivity index (χ0n) is 13.8. The first-order valence-electron chi connectivity index (χ1n) is 7.60. The largest absolute Gasteiger partial charge is 0.496 e. The van der Waals surface area contributed by atoms with Gasteiger partial charge in [-0.3, -0.25) is 4.79 Å². The van der Waals surface area contributed by atoms with Gasteiger partial charge in [-0.1, -0.05) is 30.0 Å². The summed E-state index contributed by atoms with van der Waals surface area (Å²) in [5, 5.41) is 11.5. The van der Waals surface area contributed by atoms with Crippen LogP contribution in [0.4, 0.5) is 5.69 Å². The lowest BCUT2D eigenvalue weighted by molar-refractivity contribution is -0.113. The third-order valence-electron chi connectivity index (χ3n) is 3.45. The molecule has 0 bridgehead atoms. The monoisotopic (exact) mass is 481 g/mol. The molecule has 1 amide bonds. The van der Waals surface area contributed by atoms with Crippen LogP contribution in [0.3, 0.4) is 0 Å². The predicted molar refractivity (Wildman–Crippen MR) is 111 cm³/mol. The molecule has 7 nitrogen and oxygen atoms in total. The fourth-order valence-corrected chi connectivity index (χ4v) is 3.48. The van der Waals surface area contributed by atoms with E-state index in [1.54, 1.807) is 7.11 Å². The van der Waals surface area contributed by atoms with Crippen LogP contribution < -0.4 is 15.9 Å². The Kier molecular flexibility index (Phi) is 5.99. The molecule has 0 saturated carbocycles. The van der Waals surface area contributed by atoms with Gasteiger partial charge in [0.15, 0.2) is 5.82 Å². The Morgan fingerprint density at radius 2 is 2.08 bits per heavy atom. The number of nitrogen functional groups attached to an aromatic ring is 1. The summed E-state index contributed by atoms with van der Waals surface area (Å²) in [6, 6.07) is 15.0. The highest BCUT2D eigenvalue weighted by molar-refractivity contribution is 14.1. The van der Waals surface area contributed by atoms with E-state index in [0.29, 0.717) is 16.7 Å². The minimum Gasteiger partial charge on any atom is -0.496 e. The lowest BCUT2D eigenvalue weighted by atomic mass is 10.2. The molecule has 9 heteroatoms. The average molecular weight is 481 g/mol. The second kappa shape index (κ2) is 8.41. The Balaban J connectivity index is 1.68. The van der Waals surface area contributed by atoms with E-state index in [0.717, 1.165) is 14.8 Å². The Labute approximate surface area is 168 Å². The number of nitrogens with two attached hydrogens (primary N) is 1. The van der Waals surface area contributed by atoms with E-state index < -0.39 is 0 Å². The molecule has 26 heavy (non-hydrogen) atoms. The van der Waals surface area contributed by atoms with Crippen molar-refractivity contribution >= 4 is 45.9 Å². The van der Waals surface area contributed by atoms with Crippen molar-refractivity contribution in [1.29, 1.82) is 0 Å². The molecule has 2 aromatic carbocycles. The van der Waals surface area contributed by atoms with Gasteiger partial charge in [0, 0.05) is 9.26 Å². The van der Waals surface area contributed by atoms with Gasteiger partial charge in [0.05, 0.1) is 18.4 Å². The number of anilines is 1. The number of para-hydroxylation sites is 1. The van der Waals surface area contributed by atoms with E-state index in [-0.39, 0.29) is 11.7 Å². The lowest BCUT2D eigenvalue weighted by Gasteiger charge is -2.08. The van der Waals surface area contributed by atoms with Gasteiger partial charge in [-0.25, -0.2) is 4.68 Å². The fourth-order valence-electron chi connectivity index (χ4n) is 2.28. The average Bonchev–Trinajstić information content (AvgIpc) is 3.00. The molecule has 0 aliphatic rings. The van der Waals surface area contributed by atoms with E-state index in [1.165, 1.54) is 16.4 Å². The molecule has 0 spiro atoms. The summed E-state index contributed by atoms with van der Waals surface area (Å²) in [5.41, 5.74) is 1.49. The number of carbonyl (C=O) groups is 1. The van der Waals surface area contributed by atoms with Gasteiger partial charge in [0.25, 0.3) is 0 Å². The molecule has 0 aliphatic heterocycles. The number of amides is 1. The van der Waals surface area contributed by atoms with Crippen molar-refractivity contribution in [2.24, 2.45) is 0 Å². The summed E-state index contributed by atoms with van der Waals surface area (Å²) < 4.78 is 7.74. The van der Waals surface area contributed by atoms with Crippen molar-refractivity contribution in [2.75, 3.05) is 24.0 Å². The normalized spacial score (nSPS) is 10.5. The van der Waals surface area contributed by atoms with Crippen molar-refractivity contribution in [2.45, 2.75) is 5.16 Å². The first-order valence-corrected chi connectivity index (χ1v) is 9.67. The number of rotatable bonds is 6. The molecule has 0 fully saturated rings. The van der Waals surface area contributed by atoms with Crippen LogP contribution in [-0.2, 0) is 4.79 Å². The molecule has 1 heterocycles. The molecular weight excluding hydrogens is 465 g/mol. The standard InChI is InChI=1S/C17H16IN5O2S/c1-25-14-8-3-2-7-13(14)16-21-22-17(23(16)19)26-10-15(24)20-12-6-4-5-11(18)9-12/h2-9H,10,19H2,1H3,(H,20,24). The number of hydrogen-bond donors (Lipinski definition) is 2. The number of hydrogen-bond acceptors (Lipinski definition) is 6. The Morgan fingerprint density at radius 1 is 1.27 bits per heavy atom. The quantitative estimate of drug-likeness (QED) is 0.320. The van der Waals surface area contributed by atoms with Crippen LogP contribution in [0.15, 0.2) is 53.7 Å². The maximum absolute atomic E-state index is 12.1. The number of methoxy groups -OCH3 is 1. The molecule has 0 radical (unpaired) electrons. The number of halogens is 1. The number of benzene rings is 2. The number of nitrogens with one attached hydrogen (secondary N) is 1. The Bertz CT molecular complexity index is 931. The molecule has 0 unspecified atom stereocenters. The van der Waals surface area contributed by atoms with Crippen molar-refractivity contribution in [3.8, 4) is 17.1 Å². The van der Waals surface area contributed by atoms with Gasteiger partial charge in [-0.05, 0) is 52.9 Å². The lowest BCUT2D eigenvalue weighted by Crippen LogP contribution is -2.16. The molecule has 134 valence electrons. The molecule has 3 N–H and O–H groups in total. The SMILES string of the molecule is COc1ccccc1-c1nnc(SCC(=O)Nc2cccc(I)c2)n1N. The van der Waals surface area contributed by atoms with Crippen LogP contribution in [0.25, 0.3) is 11.4 Å². The topological polar surface area (TPSA) is 95.1 Å². The molecule has 0 aliphatic carbocycles. The molecule has 0 atom stereocenters. The summed E-state index contributed by atoms with van der Waals surface area (Å²) in [7, 11) is 1.58. The van der Waals surface area contributed by atoms with Gasteiger partial charge in [-0.2, -0.15) is 0 Å². The number of nitrogens with zero attached hydrogens (tertiary/aromatic N) is 3. The molecular formula is C17H16IN5O2S. The van der Waals surface area contributed by atoms with Crippen molar-refractivity contribution < 1.29 is 9.53 Å². The van der Waals surface area contributed by atoms with Gasteiger partial charge >= 0.3 is 0 Å². The highest BCUT2D eigenvalue weighted by Crippen LogP contribution is 2.29. The van der Waals surface area contributed by atoms with Gasteiger partial charge in [0.1, 0.15) is 5.75 Å². The summed E-state index contributed by atoms with van der Waals surface area (Å²) in [5.74, 6) is 7.26. The summed E-state index contributed by atoms with van der Waals surface area (Å²) in [6.45, 7) is 0.